The van der Waals surface area contributed by atoms with Crippen LogP contribution in [0.15, 0.2) is 34.8 Å². The summed E-state index contributed by atoms with van der Waals surface area (Å²) in [5.41, 5.74) is 4.15. The number of nitrogens with one attached hydrogen (secondary N) is 2. The van der Waals surface area contributed by atoms with Crippen molar-refractivity contribution in [2.45, 2.75) is 19.9 Å². The second kappa shape index (κ2) is 8.00. The number of aryl methyl sites for hydroxylation is 1. The van der Waals surface area contributed by atoms with Crippen molar-refractivity contribution in [3.63, 3.8) is 0 Å². The van der Waals surface area contributed by atoms with E-state index in [0.29, 0.717) is 0 Å². The van der Waals surface area contributed by atoms with E-state index >= 15 is 0 Å². The van der Waals surface area contributed by atoms with Crippen molar-refractivity contribution >= 4 is 28.9 Å². The van der Waals surface area contributed by atoms with Crippen LogP contribution < -0.4 is 10.6 Å². The molecule has 0 aliphatic carbocycles. The summed E-state index contributed by atoms with van der Waals surface area (Å²) in [5, 5.41) is 7.37. The van der Waals surface area contributed by atoms with Gasteiger partial charge in [0.2, 0.25) is 0 Å². The lowest BCUT2D eigenvalue weighted by molar-refractivity contribution is 0.796. The van der Waals surface area contributed by atoms with Gasteiger partial charge < -0.3 is 10.6 Å². The highest BCUT2D eigenvalue weighted by Crippen LogP contribution is 2.11. The third kappa shape index (κ3) is 5.02. The maximum Gasteiger partial charge on any atom is 0.191 e. The Hall–Kier alpha value is -1.59. The third-order valence-corrected chi connectivity index (χ3v) is 4.25. The molecule has 0 radical (unpaired) electrons. The number of halogens is 1. The van der Waals surface area contributed by atoms with Gasteiger partial charge >= 0.3 is 0 Å². The fraction of sp³-hybridized carbons (Fsp3) is 0.333. The molecule has 21 heavy (non-hydrogen) atoms. The number of benzene rings is 1. The van der Waals surface area contributed by atoms with Gasteiger partial charge in [-0.25, -0.2) is 4.98 Å². The highest BCUT2D eigenvalue weighted by atomic mass is 35.5. The van der Waals surface area contributed by atoms with Crippen molar-refractivity contribution in [3.8, 4) is 0 Å². The summed E-state index contributed by atoms with van der Waals surface area (Å²) in [6, 6.07) is 7.91. The van der Waals surface area contributed by atoms with E-state index in [0.717, 1.165) is 36.2 Å². The maximum absolute atomic E-state index is 5.97. The molecule has 0 saturated carbocycles. The summed E-state index contributed by atoms with van der Waals surface area (Å²) in [6.07, 6.45) is 0.904. The van der Waals surface area contributed by atoms with Gasteiger partial charge in [0.15, 0.2) is 5.96 Å². The first-order valence-electron chi connectivity index (χ1n) is 6.77. The SMILES string of the molecule is CN=C(NCCc1cccc(Cl)c1)NCc1scnc1C. The molecule has 1 heterocycles. The van der Waals surface area contributed by atoms with Crippen LogP contribution in [0.5, 0.6) is 0 Å². The van der Waals surface area contributed by atoms with Gasteiger partial charge in [0.05, 0.1) is 17.7 Å². The third-order valence-electron chi connectivity index (χ3n) is 3.08. The van der Waals surface area contributed by atoms with Gasteiger partial charge in [0, 0.05) is 23.5 Å². The molecule has 4 nitrogen and oxygen atoms in total. The Labute approximate surface area is 134 Å². The van der Waals surface area contributed by atoms with Gasteiger partial charge in [-0.1, -0.05) is 23.7 Å². The monoisotopic (exact) mass is 322 g/mol. The average Bonchev–Trinajstić information content (AvgIpc) is 2.88. The van der Waals surface area contributed by atoms with Crippen LogP contribution in [0.25, 0.3) is 0 Å². The molecule has 0 aliphatic rings. The zero-order valence-corrected chi connectivity index (χ0v) is 13.8. The first kappa shape index (κ1) is 15.8. The van der Waals surface area contributed by atoms with Crippen LogP contribution in [-0.4, -0.2) is 24.5 Å². The molecule has 0 atom stereocenters. The van der Waals surface area contributed by atoms with Crippen molar-refractivity contribution in [1.29, 1.82) is 0 Å². The highest BCUT2D eigenvalue weighted by Gasteiger charge is 2.03. The topological polar surface area (TPSA) is 49.3 Å². The first-order chi connectivity index (χ1) is 10.2. The Morgan fingerprint density at radius 3 is 2.90 bits per heavy atom. The molecule has 2 aromatic rings. The number of nitrogens with zero attached hydrogens (tertiary/aromatic N) is 2. The summed E-state index contributed by atoms with van der Waals surface area (Å²) in [5.74, 6) is 0.796. The van der Waals surface area contributed by atoms with Crippen LogP contribution in [0, 0.1) is 6.92 Å². The summed E-state index contributed by atoms with van der Waals surface area (Å²) < 4.78 is 0. The van der Waals surface area contributed by atoms with Crippen molar-refractivity contribution in [1.82, 2.24) is 15.6 Å². The van der Waals surface area contributed by atoms with E-state index in [2.05, 4.69) is 26.7 Å². The fourth-order valence-electron chi connectivity index (χ4n) is 1.90. The number of aliphatic imine (C=N–C) groups is 1. The molecule has 0 aliphatic heterocycles. The molecule has 2 N–H and O–H groups in total. The van der Waals surface area contributed by atoms with E-state index < -0.39 is 0 Å². The van der Waals surface area contributed by atoms with E-state index in [9.17, 15) is 0 Å². The zero-order valence-electron chi connectivity index (χ0n) is 12.2. The minimum Gasteiger partial charge on any atom is -0.356 e. The van der Waals surface area contributed by atoms with Crippen LogP contribution in [0.4, 0.5) is 0 Å². The summed E-state index contributed by atoms with van der Waals surface area (Å²) in [6.45, 7) is 3.57. The van der Waals surface area contributed by atoms with Crippen LogP contribution in [0.2, 0.25) is 5.02 Å². The molecular formula is C15H19ClN4S. The van der Waals surface area contributed by atoms with Crippen molar-refractivity contribution in [2.24, 2.45) is 4.99 Å². The number of hydrogen-bond donors (Lipinski definition) is 2. The van der Waals surface area contributed by atoms with Crippen LogP contribution in [0.1, 0.15) is 16.1 Å². The molecule has 0 fully saturated rings. The largest absolute Gasteiger partial charge is 0.356 e. The molecule has 0 bridgehead atoms. The number of hydrogen-bond acceptors (Lipinski definition) is 3. The van der Waals surface area contributed by atoms with Gasteiger partial charge in [-0.2, -0.15) is 0 Å². The minimum atomic E-state index is 0.743. The molecule has 0 unspecified atom stereocenters. The molecule has 0 amide bonds. The van der Waals surface area contributed by atoms with Gasteiger partial charge in [0.25, 0.3) is 0 Å². The standard InChI is InChI=1S/C15H19ClN4S/c1-11-14(21-10-20-11)9-19-15(17-2)18-7-6-12-4-3-5-13(16)8-12/h3-5,8,10H,6-7,9H2,1-2H3,(H2,17,18,19). The average molecular weight is 323 g/mol. The highest BCUT2D eigenvalue weighted by molar-refractivity contribution is 7.09. The lowest BCUT2D eigenvalue weighted by Crippen LogP contribution is -2.37. The predicted octanol–water partition coefficient (Wildman–Crippen LogP) is 3.01. The summed E-state index contributed by atoms with van der Waals surface area (Å²) in [7, 11) is 1.77. The molecule has 1 aromatic heterocycles. The van der Waals surface area contributed by atoms with E-state index in [1.165, 1.54) is 10.4 Å². The maximum atomic E-state index is 5.97. The molecule has 112 valence electrons. The van der Waals surface area contributed by atoms with Gasteiger partial charge in [0.1, 0.15) is 0 Å². The Morgan fingerprint density at radius 2 is 2.24 bits per heavy atom. The number of aromatic nitrogens is 1. The molecule has 0 saturated heterocycles. The lowest BCUT2D eigenvalue weighted by Gasteiger charge is -2.11. The zero-order chi connectivity index (χ0) is 15.1. The van der Waals surface area contributed by atoms with E-state index in [4.69, 9.17) is 11.6 Å². The van der Waals surface area contributed by atoms with E-state index in [1.807, 2.05) is 30.6 Å². The van der Waals surface area contributed by atoms with Gasteiger partial charge in [-0.05, 0) is 31.0 Å². The van der Waals surface area contributed by atoms with Gasteiger partial charge in [-0.15, -0.1) is 11.3 Å². The molecule has 6 heteroatoms. The van der Waals surface area contributed by atoms with Crippen LogP contribution in [-0.2, 0) is 13.0 Å². The number of guanidine groups is 1. The number of thiazole rings is 1. The van der Waals surface area contributed by atoms with E-state index in [-0.39, 0.29) is 0 Å². The van der Waals surface area contributed by atoms with Gasteiger partial charge in [-0.3, -0.25) is 4.99 Å². The molecule has 2 rings (SSSR count). The predicted molar refractivity (Wildman–Crippen MR) is 90.2 cm³/mol. The second-order valence-corrected chi connectivity index (χ2v) is 5.97. The van der Waals surface area contributed by atoms with Crippen LogP contribution >= 0.6 is 22.9 Å². The minimum absolute atomic E-state index is 0.743. The Morgan fingerprint density at radius 1 is 1.38 bits per heavy atom. The second-order valence-electron chi connectivity index (χ2n) is 4.59. The van der Waals surface area contributed by atoms with Crippen molar-refractivity contribution < 1.29 is 0 Å². The first-order valence-corrected chi connectivity index (χ1v) is 8.02. The smallest absolute Gasteiger partial charge is 0.191 e. The molecular weight excluding hydrogens is 304 g/mol. The Kier molecular flexibility index (Phi) is 6.02. The summed E-state index contributed by atoms with van der Waals surface area (Å²) >= 11 is 7.63. The van der Waals surface area contributed by atoms with Crippen molar-refractivity contribution in [3.05, 3.63) is 50.9 Å². The summed E-state index contributed by atoms with van der Waals surface area (Å²) in [4.78, 5) is 9.68. The number of rotatable bonds is 5. The van der Waals surface area contributed by atoms with Crippen LogP contribution in [0.3, 0.4) is 0 Å². The fourth-order valence-corrected chi connectivity index (χ4v) is 2.83. The normalized spacial score (nSPS) is 11.5. The quantitative estimate of drug-likeness (QED) is 0.657. The van der Waals surface area contributed by atoms with E-state index in [1.54, 1.807) is 18.4 Å². The van der Waals surface area contributed by atoms with Crippen molar-refractivity contribution in [2.75, 3.05) is 13.6 Å². The Bertz CT molecular complexity index is 609. The molecule has 0 spiro atoms. The lowest BCUT2D eigenvalue weighted by atomic mass is 10.1. The molecule has 1 aromatic carbocycles. The Balaban J connectivity index is 1.77.